The Kier molecular flexibility index (Phi) is 7.90. The topological polar surface area (TPSA) is 103 Å². The van der Waals surface area contributed by atoms with Crippen LogP contribution in [-0.4, -0.2) is 48.8 Å². The number of thioether (sulfide) groups is 1. The fraction of sp³-hybridized carbons (Fsp3) is 0.333. The van der Waals surface area contributed by atoms with Crippen molar-refractivity contribution in [3.05, 3.63) is 70.8 Å². The third-order valence-corrected chi connectivity index (χ3v) is 8.12. The highest BCUT2D eigenvalue weighted by molar-refractivity contribution is 7.99. The molecule has 9 heteroatoms. The van der Waals surface area contributed by atoms with Gasteiger partial charge in [-0.2, -0.15) is 0 Å². The first kappa shape index (κ1) is 26.0. The van der Waals surface area contributed by atoms with Crippen LogP contribution >= 0.6 is 11.8 Å². The highest BCUT2D eigenvalue weighted by Crippen LogP contribution is 2.41. The number of rotatable bonds is 10. The van der Waals surface area contributed by atoms with E-state index in [4.69, 9.17) is 19.6 Å². The fourth-order valence-corrected chi connectivity index (χ4v) is 6.00. The minimum absolute atomic E-state index is 0.0282. The lowest BCUT2D eigenvalue weighted by molar-refractivity contribution is -0.137. The van der Waals surface area contributed by atoms with Gasteiger partial charge in [-0.15, -0.1) is 11.8 Å². The SMILES string of the molecule is Cc1cc(OCCS(C)(=O)=O)cc(C)c1-c1cccc(OCc2ccc3c(c2)SCC3CC(=O)O)n1. The molecule has 0 fully saturated rings. The number of hydrogen-bond donors (Lipinski definition) is 1. The summed E-state index contributed by atoms with van der Waals surface area (Å²) in [5, 5.41) is 9.12. The number of sulfone groups is 1. The van der Waals surface area contributed by atoms with Gasteiger partial charge in [-0.05, 0) is 60.4 Å². The van der Waals surface area contributed by atoms with Crippen LogP contribution in [0.15, 0.2) is 53.4 Å². The Morgan fingerprint density at radius 1 is 1.11 bits per heavy atom. The number of aryl methyl sites for hydroxylation is 2. The van der Waals surface area contributed by atoms with Crippen molar-refractivity contribution in [1.29, 1.82) is 0 Å². The van der Waals surface area contributed by atoms with E-state index in [0.29, 0.717) is 18.2 Å². The summed E-state index contributed by atoms with van der Waals surface area (Å²) in [6.07, 6.45) is 1.34. The Balaban J connectivity index is 1.44. The predicted molar refractivity (Wildman–Crippen MR) is 141 cm³/mol. The molecular formula is C27H29NO6S2. The number of carbonyl (C=O) groups is 1. The molecule has 0 saturated carbocycles. The first-order valence-electron chi connectivity index (χ1n) is 11.6. The molecule has 0 saturated heterocycles. The molecule has 0 radical (unpaired) electrons. The highest BCUT2D eigenvalue weighted by Gasteiger charge is 2.25. The van der Waals surface area contributed by atoms with Crippen LogP contribution in [0.2, 0.25) is 0 Å². The molecule has 2 heterocycles. The van der Waals surface area contributed by atoms with Crippen molar-refractivity contribution in [3.8, 4) is 22.9 Å². The summed E-state index contributed by atoms with van der Waals surface area (Å²) in [5.41, 5.74) is 5.81. The second-order valence-corrected chi connectivity index (χ2v) is 12.4. The lowest BCUT2D eigenvalue weighted by Gasteiger charge is -2.14. The summed E-state index contributed by atoms with van der Waals surface area (Å²) in [6.45, 7) is 4.42. The van der Waals surface area contributed by atoms with Crippen LogP contribution < -0.4 is 9.47 Å². The van der Waals surface area contributed by atoms with Crippen molar-refractivity contribution >= 4 is 27.6 Å². The van der Waals surface area contributed by atoms with Crippen LogP contribution in [0.25, 0.3) is 11.3 Å². The molecule has 3 aromatic rings. The van der Waals surface area contributed by atoms with E-state index in [9.17, 15) is 13.2 Å². The molecule has 1 unspecified atom stereocenters. The molecule has 0 aliphatic carbocycles. The van der Waals surface area contributed by atoms with Crippen LogP contribution in [0.1, 0.15) is 34.6 Å². The molecule has 0 spiro atoms. The van der Waals surface area contributed by atoms with Crippen molar-refractivity contribution in [2.24, 2.45) is 0 Å². The van der Waals surface area contributed by atoms with Gasteiger partial charge in [0.25, 0.3) is 0 Å². The van der Waals surface area contributed by atoms with Gasteiger partial charge in [0.15, 0.2) is 9.84 Å². The van der Waals surface area contributed by atoms with Crippen molar-refractivity contribution < 1.29 is 27.8 Å². The minimum Gasteiger partial charge on any atom is -0.493 e. The Morgan fingerprint density at radius 2 is 1.86 bits per heavy atom. The number of carboxylic acid groups (broad SMARTS) is 1. The molecule has 1 atom stereocenters. The molecular weight excluding hydrogens is 498 g/mol. The van der Waals surface area contributed by atoms with Gasteiger partial charge in [-0.25, -0.2) is 13.4 Å². The quantitative estimate of drug-likeness (QED) is 0.392. The smallest absolute Gasteiger partial charge is 0.303 e. The molecule has 1 aromatic heterocycles. The van der Waals surface area contributed by atoms with Crippen LogP contribution in [0.3, 0.4) is 0 Å². The van der Waals surface area contributed by atoms with E-state index in [1.54, 1.807) is 11.8 Å². The molecule has 7 nitrogen and oxygen atoms in total. The Labute approximate surface area is 215 Å². The van der Waals surface area contributed by atoms with Crippen molar-refractivity contribution in [2.45, 2.75) is 37.7 Å². The maximum absolute atomic E-state index is 11.3. The standard InChI is InChI=1S/C27H29NO6S2/c1-17-11-21(33-9-10-36(3,31)32)12-18(2)27(17)23-5-4-6-25(28-23)34-15-19-7-8-22-20(14-26(29)30)16-35-24(22)13-19/h4-8,11-13,20H,9-10,14-16H2,1-3H3,(H,29,30). The van der Waals surface area contributed by atoms with Gasteiger partial charge in [0, 0.05) is 34.5 Å². The van der Waals surface area contributed by atoms with E-state index in [1.165, 1.54) is 6.26 Å². The number of fused-ring (bicyclic) bond motifs is 1. The second-order valence-electron chi connectivity index (χ2n) is 9.04. The molecule has 1 aliphatic rings. The average molecular weight is 528 g/mol. The Morgan fingerprint density at radius 3 is 2.56 bits per heavy atom. The predicted octanol–water partition coefficient (Wildman–Crippen LogP) is 5.03. The molecule has 1 aliphatic heterocycles. The van der Waals surface area contributed by atoms with Gasteiger partial charge in [0.05, 0.1) is 17.9 Å². The van der Waals surface area contributed by atoms with E-state index in [1.807, 2.05) is 56.3 Å². The summed E-state index contributed by atoms with van der Waals surface area (Å²) in [7, 11) is -3.08. The van der Waals surface area contributed by atoms with Gasteiger partial charge < -0.3 is 14.6 Å². The molecule has 190 valence electrons. The summed E-state index contributed by atoms with van der Waals surface area (Å²) in [4.78, 5) is 16.9. The molecule has 2 aromatic carbocycles. The zero-order valence-electron chi connectivity index (χ0n) is 20.5. The van der Waals surface area contributed by atoms with Crippen LogP contribution in [0, 0.1) is 13.8 Å². The fourth-order valence-electron chi connectivity index (χ4n) is 4.30. The maximum Gasteiger partial charge on any atom is 0.303 e. The van der Waals surface area contributed by atoms with Crippen molar-refractivity contribution in [1.82, 2.24) is 4.98 Å². The summed E-state index contributed by atoms with van der Waals surface area (Å²) in [5.74, 6) is 1.18. The zero-order chi connectivity index (χ0) is 25.9. The number of aromatic nitrogens is 1. The van der Waals surface area contributed by atoms with Crippen molar-refractivity contribution in [3.63, 3.8) is 0 Å². The summed E-state index contributed by atoms with van der Waals surface area (Å²) < 4.78 is 34.3. The van der Waals surface area contributed by atoms with E-state index in [0.717, 1.165) is 44.2 Å². The second kappa shape index (κ2) is 10.9. The molecule has 0 bridgehead atoms. The molecule has 0 amide bonds. The number of hydrogen-bond acceptors (Lipinski definition) is 7. The maximum atomic E-state index is 11.3. The average Bonchev–Trinajstić information content (AvgIpc) is 3.18. The monoisotopic (exact) mass is 527 g/mol. The largest absolute Gasteiger partial charge is 0.493 e. The first-order valence-corrected chi connectivity index (χ1v) is 14.6. The zero-order valence-corrected chi connectivity index (χ0v) is 22.1. The third-order valence-electron chi connectivity index (χ3n) is 5.97. The number of nitrogens with zero attached hydrogens (tertiary/aromatic N) is 1. The number of pyridine rings is 1. The Bertz CT molecular complexity index is 1360. The van der Waals surface area contributed by atoms with Gasteiger partial charge in [-0.3, -0.25) is 4.79 Å². The minimum atomic E-state index is -3.08. The van der Waals surface area contributed by atoms with Crippen LogP contribution in [0.5, 0.6) is 11.6 Å². The van der Waals surface area contributed by atoms with Crippen molar-refractivity contribution in [2.75, 3.05) is 24.4 Å². The summed E-state index contributed by atoms with van der Waals surface area (Å²) in [6, 6.07) is 15.5. The van der Waals surface area contributed by atoms with Gasteiger partial charge in [0.1, 0.15) is 19.0 Å². The molecule has 1 N–H and O–H groups in total. The number of ether oxygens (including phenoxy) is 2. The summed E-state index contributed by atoms with van der Waals surface area (Å²) >= 11 is 1.69. The lowest BCUT2D eigenvalue weighted by atomic mass is 9.97. The number of aliphatic carboxylic acids is 1. The number of carboxylic acids is 1. The van der Waals surface area contributed by atoms with E-state index in [-0.39, 0.29) is 24.7 Å². The van der Waals surface area contributed by atoms with Crippen LogP contribution in [-0.2, 0) is 21.2 Å². The van der Waals surface area contributed by atoms with E-state index in [2.05, 4.69) is 6.07 Å². The third kappa shape index (κ3) is 6.59. The molecule has 4 rings (SSSR count). The number of benzene rings is 2. The van der Waals surface area contributed by atoms with E-state index < -0.39 is 15.8 Å². The van der Waals surface area contributed by atoms with Gasteiger partial charge in [0.2, 0.25) is 5.88 Å². The van der Waals surface area contributed by atoms with Gasteiger partial charge >= 0.3 is 5.97 Å². The Hall–Kier alpha value is -3.04. The lowest BCUT2D eigenvalue weighted by Crippen LogP contribution is -2.12. The first-order chi connectivity index (χ1) is 17.1. The normalized spacial score (nSPS) is 14.9. The van der Waals surface area contributed by atoms with E-state index >= 15 is 0 Å². The van der Waals surface area contributed by atoms with Crippen LogP contribution in [0.4, 0.5) is 0 Å². The highest BCUT2D eigenvalue weighted by atomic mass is 32.2. The molecule has 36 heavy (non-hydrogen) atoms. The van der Waals surface area contributed by atoms with Gasteiger partial charge in [-0.1, -0.05) is 18.2 Å².